The number of para-hydroxylation sites is 1. The van der Waals surface area contributed by atoms with Gasteiger partial charge in [-0.3, -0.25) is 14.6 Å². The number of thioether (sulfide) groups is 1. The summed E-state index contributed by atoms with van der Waals surface area (Å²) in [6.45, 7) is 9.11. The van der Waals surface area contributed by atoms with Crippen LogP contribution in [-0.4, -0.2) is 87.3 Å². The molecule has 0 saturated carbocycles. The number of carbonyl (C=O) groups excluding carboxylic acids is 1. The number of hydrogen-bond acceptors (Lipinski definition) is 8. The lowest BCUT2D eigenvalue weighted by atomic mass is 10.2. The van der Waals surface area contributed by atoms with E-state index in [1.165, 1.54) is 15.6 Å². The van der Waals surface area contributed by atoms with E-state index in [4.69, 9.17) is 9.72 Å². The molecule has 0 atom stereocenters. The minimum absolute atomic E-state index is 0. The van der Waals surface area contributed by atoms with Gasteiger partial charge in [-0.15, -0.1) is 24.2 Å². The van der Waals surface area contributed by atoms with Gasteiger partial charge in [-0.25, -0.2) is 13.4 Å². The first kappa shape index (κ1) is 31.8. The number of sulfonamides is 1. The van der Waals surface area contributed by atoms with Crippen molar-refractivity contribution in [1.82, 2.24) is 14.2 Å². The van der Waals surface area contributed by atoms with Gasteiger partial charge in [-0.1, -0.05) is 31.3 Å². The zero-order valence-electron chi connectivity index (χ0n) is 22.7. The molecular formula is C27H37ClN4O4S3. The standard InChI is InChI=1S/C27H36N4O4S3.ClH/c1-4-13-30(14-5-2)38(33,34)22-11-9-21(10-12-22)26(32)31(16-15-29-17-19-35-20-18-29)27-28-25-23(36-3)7-6-8-24(25)37-27;/h6-12H,4-5,13-20H2,1-3H3;1H. The quantitative estimate of drug-likeness (QED) is 0.259. The van der Waals surface area contributed by atoms with Gasteiger partial charge in [0.2, 0.25) is 10.0 Å². The zero-order valence-corrected chi connectivity index (χ0v) is 25.9. The van der Waals surface area contributed by atoms with E-state index in [2.05, 4.69) is 4.90 Å². The number of benzene rings is 2. The van der Waals surface area contributed by atoms with E-state index < -0.39 is 10.0 Å². The van der Waals surface area contributed by atoms with E-state index in [-0.39, 0.29) is 23.2 Å². The highest BCUT2D eigenvalue weighted by Crippen LogP contribution is 2.34. The molecule has 0 spiro atoms. The fourth-order valence-corrected chi connectivity index (χ4v) is 7.74. The van der Waals surface area contributed by atoms with Crippen LogP contribution in [0.3, 0.4) is 0 Å². The highest BCUT2D eigenvalue weighted by atomic mass is 35.5. The van der Waals surface area contributed by atoms with Gasteiger partial charge in [0.15, 0.2) is 5.13 Å². The molecule has 1 saturated heterocycles. The molecule has 1 aromatic heterocycles. The Bertz CT molecular complexity index is 1320. The SMILES string of the molecule is CCCN(CCC)S(=O)(=O)c1ccc(C(=O)N(CCN2CCOCC2)c2nc3c(SC)cccc3s2)cc1.Cl. The second-order valence-electron chi connectivity index (χ2n) is 9.14. The second-order valence-corrected chi connectivity index (χ2v) is 12.9. The third-order valence-electron chi connectivity index (χ3n) is 6.50. The van der Waals surface area contributed by atoms with Gasteiger partial charge < -0.3 is 4.74 Å². The summed E-state index contributed by atoms with van der Waals surface area (Å²) in [6, 6.07) is 12.4. The Balaban J connectivity index is 0.00000420. The van der Waals surface area contributed by atoms with Crippen LogP contribution in [0.1, 0.15) is 37.0 Å². The summed E-state index contributed by atoms with van der Waals surface area (Å²) in [5.41, 5.74) is 1.34. The maximum atomic E-state index is 13.8. The van der Waals surface area contributed by atoms with Crippen LogP contribution in [0.4, 0.5) is 5.13 Å². The van der Waals surface area contributed by atoms with Crippen molar-refractivity contribution in [3.8, 4) is 0 Å². The Morgan fingerprint density at radius 2 is 1.72 bits per heavy atom. The molecule has 3 aromatic rings. The summed E-state index contributed by atoms with van der Waals surface area (Å²) in [4.78, 5) is 24.0. The Kier molecular flexibility index (Phi) is 12.0. The highest BCUT2D eigenvalue weighted by molar-refractivity contribution is 7.98. The van der Waals surface area contributed by atoms with Crippen LogP contribution in [0.5, 0.6) is 0 Å². The normalized spacial score (nSPS) is 14.5. The number of thiazole rings is 1. The van der Waals surface area contributed by atoms with Gasteiger partial charge >= 0.3 is 0 Å². The van der Waals surface area contributed by atoms with Crippen LogP contribution >= 0.6 is 35.5 Å². The maximum absolute atomic E-state index is 13.8. The van der Waals surface area contributed by atoms with E-state index >= 15 is 0 Å². The lowest BCUT2D eigenvalue weighted by molar-refractivity contribution is 0.0391. The fraction of sp³-hybridized carbons (Fsp3) is 0.481. The molecule has 0 aliphatic carbocycles. The topological polar surface area (TPSA) is 83.1 Å². The van der Waals surface area contributed by atoms with Crippen LogP contribution in [0.25, 0.3) is 10.2 Å². The molecule has 0 radical (unpaired) electrons. The van der Waals surface area contributed by atoms with Crippen molar-refractivity contribution in [2.24, 2.45) is 0 Å². The smallest absolute Gasteiger partial charge is 0.260 e. The van der Waals surface area contributed by atoms with Crippen LogP contribution in [0.2, 0.25) is 0 Å². The van der Waals surface area contributed by atoms with Gasteiger partial charge in [0.05, 0.1) is 28.3 Å². The highest BCUT2D eigenvalue weighted by Gasteiger charge is 2.26. The molecule has 1 amide bonds. The van der Waals surface area contributed by atoms with Gasteiger partial charge in [0.25, 0.3) is 5.91 Å². The van der Waals surface area contributed by atoms with Gasteiger partial charge in [-0.2, -0.15) is 4.31 Å². The van der Waals surface area contributed by atoms with Gasteiger partial charge in [0, 0.05) is 49.7 Å². The molecule has 0 bridgehead atoms. The number of halogens is 1. The van der Waals surface area contributed by atoms with Crippen LogP contribution in [-0.2, 0) is 14.8 Å². The summed E-state index contributed by atoms with van der Waals surface area (Å²) in [6.07, 6.45) is 3.51. The number of fused-ring (bicyclic) bond motifs is 1. The molecule has 2 heterocycles. The molecular weight excluding hydrogens is 576 g/mol. The molecule has 0 N–H and O–H groups in total. The first-order valence-corrected chi connectivity index (χ1v) is 16.5. The predicted octanol–water partition coefficient (Wildman–Crippen LogP) is 5.23. The van der Waals surface area contributed by atoms with Gasteiger partial charge in [0.1, 0.15) is 0 Å². The molecule has 1 aliphatic rings. The number of hydrogen-bond donors (Lipinski definition) is 0. The van der Waals surface area contributed by atoms with Crippen LogP contribution < -0.4 is 4.90 Å². The fourth-order valence-electron chi connectivity index (χ4n) is 4.47. The van der Waals surface area contributed by atoms with Crippen LogP contribution in [0.15, 0.2) is 52.3 Å². The molecule has 2 aromatic carbocycles. The number of nitrogens with zero attached hydrogens (tertiary/aromatic N) is 4. The molecule has 8 nitrogen and oxygen atoms in total. The molecule has 1 aliphatic heterocycles. The molecule has 0 unspecified atom stereocenters. The first-order chi connectivity index (χ1) is 18.4. The third kappa shape index (κ3) is 7.52. The number of aromatic nitrogens is 1. The number of carbonyl (C=O) groups is 1. The molecule has 12 heteroatoms. The second kappa shape index (κ2) is 14.8. The summed E-state index contributed by atoms with van der Waals surface area (Å²) in [5.74, 6) is -0.189. The van der Waals surface area contributed by atoms with Crippen molar-refractivity contribution in [1.29, 1.82) is 0 Å². The third-order valence-corrected chi connectivity index (χ3v) is 10.2. The average molecular weight is 613 g/mol. The molecule has 4 rings (SSSR count). The lowest BCUT2D eigenvalue weighted by Gasteiger charge is -2.29. The summed E-state index contributed by atoms with van der Waals surface area (Å²) in [5, 5.41) is 0.647. The predicted molar refractivity (Wildman–Crippen MR) is 163 cm³/mol. The molecule has 214 valence electrons. The number of ether oxygens (including phenoxy) is 1. The zero-order chi connectivity index (χ0) is 27.1. The Hall–Kier alpha value is -1.73. The summed E-state index contributed by atoms with van der Waals surface area (Å²) in [7, 11) is -3.61. The number of amides is 1. The van der Waals surface area contributed by atoms with Crippen molar-refractivity contribution in [3.05, 3.63) is 48.0 Å². The van der Waals surface area contributed by atoms with E-state index in [1.807, 2.05) is 38.3 Å². The van der Waals surface area contributed by atoms with Crippen LogP contribution in [0, 0.1) is 0 Å². The summed E-state index contributed by atoms with van der Waals surface area (Å²) < 4.78 is 34.4. The monoisotopic (exact) mass is 612 g/mol. The van der Waals surface area contributed by atoms with E-state index in [9.17, 15) is 13.2 Å². The Morgan fingerprint density at radius 3 is 2.33 bits per heavy atom. The van der Waals surface area contributed by atoms with Crippen molar-refractivity contribution in [2.45, 2.75) is 36.5 Å². The van der Waals surface area contributed by atoms with Crippen molar-refractivity contribution >= 4 is 66.8 Å². The minimum atomic E-state index is -3.61. The number of anilines is 1. The Morgan fingerprint density at radius 1 is 1.05 bits per heavy atom. The van der Waals surface area contributed by atoms with Crippen molar-refractivity contribution in [3.63, 3.8) is 0 Å². The van der Waals surface area contributed by atoms with E-state index in [0.29, 0.717) is 50.1 Å². The lowest BCUT2D eigenvalue weighted by Crippen LogP contribution is -2.43. The van der Waals surface area contributed by atoms with Crippen molar-refractivity contribution < 1.29 is 17.9 Å². The van der Waals surface area contributed by atoms with Crippen molar-refractivity contribution in [2.75, 3.05) is 63.6 Å². The van der Waals surface area contributed by atoms with E-state index in [1.54, 1.807) is 40.9 Å². The van der Waals surface area contributed by atoms with Gasteiger partial charge in [-0.05, 0) is 55.5 Å². The summed E-state index contributed by atoms with van der Waals surface area (Å²) >= 11 is 3.14. The first-order valence-electron chi connectivity index (χ1n) is 13.0. The number of morpholine rings is 1. The number of rotatable bonds is 12. The minimum Gasteiger partial charge on any atom is -0.379 e. The largest absolute Gasteiger partial charge is 0.379 e. The Labute approximate surface area is 246 Å². The molecule has 1 fully saturated rings. The average Bonchev–Trinajstić information content (AvgIpc) is 3.38. The maximum Gasteiger partial charge on any atom is 0.260 e. The van der Waals surface area contributed by atoms with E-state index in [0.717, 1.165) is 41.0 Å². The molecule has 39 heavy (non-hydrogen) atoms.